The Balaban J connectivity index is 2.31. The maximum absolute atomic E-state index is 12.7. The summed E-state index contributed by atoms with van der Waals surface area (Å²) in [5.74, 6) is 0. The van der Waals surface area contributed by atoms with Gasteiger partial charge in [0.05, 0.1) is 10.4 Å². The molecule has 0 aliphatic rings. The summed E-state index contributed by atoms with van der Waals surface area (Å²) in [5.41, 5.74) is 2.80. The van der Waals surface area contributed by atoms with E-state index in [4.69, 9.17) is 0 Å². The number of benzene rings is 2. The Hall–Kier alpha value is -2.07. The molecule has 0 aliphatic heterocycles. The van der Waals surface area contributed by atoms with Crippen LogP contribution in [-0.4, -0.2) is 12.4 Å². The zero-order chi connectivity index (χ0) is 14.3. The molecule has 20 heavy (non-hydrogen) atoms. The van der Waals surface area contributed by atoms with Gasteiger partial charge in [0.2, 0.25) is 0 Å². The van der Waals surface area contributed by atoms with E-state index in [0.29, 0.717) is 4.90 Å². The number of aryl methyl sites for hydroxylation is 2. The minimum absolute atomic E-state index is 0.303. The summed E-state index contributed by atoms with van der Waals surface area (Å²) in [7, 11) is -3.54. The zero-order valence-electron chi connectivity index (χ0n) is 11.4. The van der Waals surface area contributed by atoms with E-state index in [0.717, 1.165) is 22.0 Å². The maximum atomic E-state index is 12.7. The SMILES string of the molecule is Cc1ccc2c(c1)c(C)cn2S(=O)(=O)c1ccccc1. The minimum atomic E-state index is -3.54. The first kappa shape index (κ1) is 12.9. The minimum Gasteiger partial charge on any atom is -0.241 e. The first-order chi connectivity index (χ1) is 9.50. The fourth-order valence-corrected chi connectivity index (χ4v) is 3.82. The quantitative estimate of drug-likeness (QED) is 0.723. The van der Waals surface area contributed by atoms with Gasteiger partial charge in [-0.15, -0.1) is 0 Å². The standard InChI is InChI=1S/C16H15NO2S/c1-12-8-9-16-15(10-12)13(2)11-17(16)20(18,19)14-6-4-3-5-7-14/h3-11H,1-2H3. The molecular formula is C16H15NO2S. The lowest BCUT2D eigenvalue weighted by atomic mass is 10.1. The molecule has 3 rings (SSSR count). The van der Waals surface area contributed by atoms with E-state index in [2.05, 4.69) is 0 Å². The summed E-state index contributed by atoms with van der Waals surface area (Å²) < 4.78 is 26.8. The number of aromatic nitrogens is 1. The average Bonchev–Trinajstić information content (AvgIpc) is 2.77. The second-order valence-electron chi connectivity index (χ2n) is 4.95. The number of hydrogen-bond acceptors (Lipinski definition) is 2. The summed E-state index contributed by atoms with van der Waals surface area (Å²) in [5, 5.41) is 0.976. The van der Waals surface area contributed by atoms with Gasteiger partial charge >= 0.3 is 0 Å². The van der Waals surface area contributed by atoms with E-state index in [-0.39, 0.29) is 0 Å². The molecule has 0 N–H and O–H groups in total. The topological polar surface area (TPSA) is 39.1 Å². The summed E-state index contributed by atoms with van der Waals surface area (Å²) in [6.07, 6.45) is 1.69. The largest absolute Gasteiger partial charge is 0.268 e. The molecule has 0 unspecified atom stereocenters. The van der Waals surface area contributed by atoms with Crippen molar-refractivity contribution in [3.05, 3.63) is 65.9 Å². The normalized spacial score (nSPS) is 11.9. The van der Waals surface area contributed by atoms with Gasteiger partial charge in [-0.3, -0.25) is 0 Å². The lowest BCUT2D eigenvalue weighted by molar-refractivity contribution is 0.589. The van der Waals surface area contributed by atoms with Crippen molar-refractivity contribution in [1.29, 1.82) is 0 Å². The molecule has 3 nitrogen and oxygen atoms in total. The van der Waals surface area contributed by atoms with Crippen LogP contribution in [0.2, 0.25) is 0 Å². The van der Waals surface area contributed by atoms with Crippen LogP contribution in [0.1, 0.15) is 11.1 Å². The summed E-state index contributed by atoms with van der Waals surface area (Å²) >= 11 is 0. The Labute approximate surface area is 118 Å². The highest BCUT2D eigenvalue weighted by molar-refractivity contribution is 7.90. The molecule has 0 saturated carbocycles. The van der Waals surface area contributed by atoms with Crippen LogP contribution < -0.4 is 0 Å². The molecule has 0 saturated heterocycles. The van der Waals surface area contributed by atoms with Crippen LogP contribution >= 0.6 is 0 Å². The lowest BCUT2D eigenvalue weighted by Crippen LogP contribution is -2.11. The highest BCUT2D eigenvalue weighted by Gasteiger charge is 2.19. The maximum Gasteiger partial charge on any atom is 0.268 e. The Kier molecular flexibility index (Phi) is 2.91. The number of nitrogens with zero attached hydrogens (tertiary/aromatic N) is 1. The zero-order valence-corrected chi connectivity index (χ0v) is 12.2. The molecule has 1 heterocycles. The van der Waals surface area contributed by atoms with Gasteiger partial charge in [-0.1, -0.05) is 29.8 Å². The monoisotopic (exact) mass is 285 g/mol. The molecule has 4 heteroatoms. The fourth-order valence-electron chi connectivity index (χ4n) is 2.38. The third-order valence-electron chi connectivity index (χ3n) is 3.43. The summed E-state index contributed by atoms with van der Waals surface area (Å²) in [6, 6.07) is 14.3. The highest BCUT2D eigenvalue weighted by atomic mass is 32.2. The molecule has 0 spiro atoms. The number of rotatable bonds is 2. The number of fused-ring (bicyclic) bond motifs is 1. The van der Waals surface area contributed by atoms with Gasteiger partial charge in [0.15, 0.2) is 0 Å². The molecule has 0 bridgehead atoms. The van der Waals surface area contributed by atoms with E-state index < -0.39 is 10.0 Å². The van der Waals surface area contributed by atoms with E-state index in [1.165, 1.54) is 3.97 Å². The Morgan fingerprint density at radius 2 is 1.65 bits per heavy atom. The van der Waals surface area contributed by atoms with Gasteiger partial charge in [-0.05, 0) is 43.7 Å². The van der Waals surface area contributed by atoms with Crippen LogP contribution in [0.15, 0.2) is 59.6 Å². The van der Waals surface area contributed by atoms with Gasteiger partial charge < -0.3 is 0 Å². The second kappa shape index (κ2) is 4.49. The average molecular weight is 285 g/mol. The third kappa shape index (κ3) is 1.93. The molecule has 3 aromatic rings. The summed E-state index contributed by atoms with van der Waals surface area (Å²) in [6.45, 7) is 3.93. The first-order valence-corrected chi connectivity index (χ1v) is 7.83. The van der Waals surface area contributed by atoms with Gasteiger partial charge in [0.1, 0.15) is 0 Å². The Bertz CT molecular complexity index is 877. The van der Waals surface area contributed by atoms with Crippen molar-refractivity contribution >= 4 is 20.9 Å². The molecule has 0 aliphatic carbocycles. The molecule has 0 radical (unpaired) electrons. The van der Waals surface area contributed by atoms with E-state index >= 15 is 0 Å². The van der Waals surface area contributed by atoms with Crippen LogP contribution in [0.3, 0.4) is 0 Å². The van der Waals surface area contributed by atoms with E-state index in [9.17, 15) is 8.42 Å². The van der Waals surface area contributed by atoms with Crippen LogP contribution in [0.4, 0.5) is 0 Å². The van der Waals surface area contributed by atoms with Crippen LogP contribution in [0.25, 0.3) is 10.9 Å². The lowest BCUT2D eigenvalue weighted by Gasteiger charge is -2.07. The Morgan fingerprint density at radius 1 is 0.950 bits per heavy atom. The molecule has 0 atom stereocenters. The molecule has 0 fully saturated rings. The molecular weight excluding hydrogens is 270 g/mol. The van der Waals surface area contributed by atoms with Crippen LogP contribution in [-0.2, 0) is 10.0 Å². The first-order valence-electron chi connectivity index (χ1n) is 6.39. The number of hydrogen-bond donors (Lipinski definition) is 0. The second-order valence-corrected chi connectivity index (χ2v) is 6.76. The van der Waals surface area contributed by atoms with Crippen molar-refractivity contribution in [2.24, 2.45) is 0 Å². The highest BCUT2D eigenvalue weighted by Crippen LogP contribution is 2.26. The van der Waals surface area contributed by atoms with E-state index in [1.807, 2.05) is 32.0 Å². The van der Waals surface area contributed by atoms with Crippen molar-refractivity contribution in [3.8, 4) is 0 Å². The molecule has 102 valence electrons. The third-order valence-corrected chi connectivity index (χ3v) is 5.11. The summed E-state index contributed by atoms with van der Waals surface area (Å²) in [4.78, 5) is 0.303. The van der Waals surface area contributed by atoms with Gasteiger partial charge in [-0.25, -0.2) is 12.4 Å². The Morgan fingerprint density at radius 3 is 2.35 bits per heavy atom. The van der Waals surface area contributed by atoms with Crippen molar-refractivity contribution in [2.45, 2.75) is 18.7 Å². The van der Waals surface area contributed by atoms with E-state index in [1.54, 1.807) is 36.5 Å². The van der Waals surface area contributed by atoms with Crippen molar-refractivity contribution < 1.29 is 8.42 Å². The van der Waals surface area contributed by atoms with Crippen molar-refractivity contribution in [1.82, 2.24) is 3.97 Å². The van der Waals surface area contributed by atoms with Crippen molar-refractivity contribution in [2.75, 3.05) is 0 Å². The van der Waals surface area contributed by atoms with Crippen LogP contribution in [0.5, 0.6) is 0 Å². The van der Waals surface area contributed by atoms with Gasteiger partial charge in [-0.2, -0.15) is 0 Å². The molecule has 1 aromatic heterocycles. The van der Waals surface area contributed by atoms with Crippen molar-refractivity contribution in [3.63, 3.8) is 0 Å². The molecule has 2 aromatic carbocycles. The predicted octanol–water partition coefficient (Wildman–Crippen LogP) is 3.50. The van der Waals surface area contributed by atoms with Gasteiger partial charge in [0.25, 0.3) is 10.0 Å². The van der Waals surface area contributed by atoms with Crippen LogP contribution in [0, 0.1) is 13.8 Å². The fraction of sp³-hybridized carbons (Fsp3) is 0.125. The predicted molar refractivity (Wildman–Crippen MR) is 80.4 cm³/mol. The molecule has 0 amide bonds. The smallest absolute Gasteiger partial charge is 0.241 e. The van der Waals surface area contributed by atoms with Gasteiger partial charge in [0, 0.05) is 11.6 Å².